The van der Waals surface area contributed by atoms with Crippen molar-refractivity contribution in [1.29, 1.82) is 5.26 Å². The topological polar surface area (TPSA) is 64.9 Å². The van der Waals surface area contributed by atoms with Gasteiger partial charge in [0.2, 0.25) is 0 Å². The lowest BCUT2D eigenvalue weighted by Gasteiger charge is -2.22. The van der Waals surface area contributed by atoms with Crippen LogP contribution in [0.15, 0.2) is 11.8 Å². The fourth-order valence-corrected chi connectivity index (χ4v) is 2.95. The molecule has 2 aliphatic rings. The Kier molecular flexibility index (Phi) is 5.26. The first-order valence-electron chi connectivity index (χ1n) is 7.47. The van der Waals surface area contributed by atoms with Crippen molar-refractivity contribution in [1.82, 2.24) is 10.6 Å². The second kappa shape index (κ2) is 7.18. The summed E-state index contributed by atoms with van der Waals surface area (Å²) < 4.78 is 0. The fraction of sp³-hybridized carbons (Fsp3) is 0.733. The van der Waals surface area contributed by atoms with E-state index >= 15 is 0 Å². The number of hydrogen-bond acceptors (Lipinski definition) is 3. The number of hydrogen-bond donors (Lipinski definition) is 2. The van der Waals surface area contributed by atoms with Crippen molar-refractivity contribution >= 4 is 5.91 Å². The maximum Gasteiger partial charge on any atom is 0.263 e. The second-order valence-electron chi connectivity index (χ2n) is 5.63. The molecule has 2 fully saturated rings. The predicted molar refractivity (Wildman–Crippen MR) is 74.1 cm³/mol. The van der Waals surface area contributed by atoms with Gasteiger partial charge in [-0.25, -0.2) is 0 Å². The van der Waals surface area contributed by atoms with Gasteiger partial charge in [-0.1, -0.05) is 32.1 Å². The second-order valence-corrected chi connectivity index (χ2v) is 5.63. The highest BCUT2D eigenvalue weighted by Gasteiger charge is 2.19. The van der Waals surface area contributed by atoms with Crippen molar-refractivity contribution in [3.63, 3.8) is 0 Å². The molecule has 1 amide bonds. The van der Waals surface area contributed by atoms with Crippen molar-refractivity contribution in [2.45, 2.75) is 69.9 Å². The van der Waals surface area contributed by atoms with Gasteiger partial charge in [0.05, 0.1) is 0 Å². The lowest BCUT2D eigenvalue weighted by Crippen LogP contribution is -2.34. The van der Waals surface area contributed by atoms with Crippen LogP contribution in [0.3, 0.4) is 0 Å². The van der Waals surface area contributed by atoms with Crippen LogP contribution in [0.2, 0.25) is 0 Å². The normalized spacial score (nSPS) is 21.9. The summed E-state index contributed by atoms with van der Waals surface area (Å²) >= 11 is 0. The molecule has 0 unspecified atom stereocenters. The molecule has 19 heavy (non-hydrogen) atoms. The van der Waals surface area contributed by atoms with Gasteiger partial charge in [0, 0.05) is 18.3 Å². The number of nitrogens with one attached hydrogen (secondary N) is 2. The molecule has 0 bridgehead atoms. The predicted octanol–water partition coefficient (Wildman–Crippen LogP) is 2.37. The summed E-state index contributed by atoms with van der Waals surface area (Å²) in [5.74, 6) is -0.224. The van der Waals surface area contributed by atoms with E-state index < -0.39 is 0 Å². The molecular weight excluding hydrogens is 238 g/mol. The number of carbonyl (C=O) groups is 1. The molecule has 0 aliphatic heterocycles. The average molecular weight is 261 g/mol. The first-order valence-corrected chi connectivity index (χ1v) is 7.47. The van der Waals surface area contributed by atoms with Crippen LogP contribution in [-0.4, -0.2) is 18.0 Å². The summed E-state index contributed by atoms with van der Waals surface area (Å²) in [5.41, 5.74) is 0.206. The van der Waals surface area contributed by atoms with E-state index in [1.54, 1.807) is 6.20 Å². The summed E-state index contributed by atoms with van der Waals surface area (Å²) in [7, 11) is 0. The van der Waals surface area contributed by atoms with E-state index in [2.05, 4.69) is 10.6 Å². The average Bonchev–Trinajstić information content (AvgIpc) is 2.93. The molecule has 0 heterocycles. The first-order chi connectivity index (χ1) is 9.29. The molecule has 2 N–H and O–H groups in total. The Bertz CT molecular complexity index is 371. The van der Waals surface area contributed by atoms with Crippen LogP contribution in [0.4, 0.5) is 0 Å². The van der Waals surface area contributed by atoms with Crippen molar-refractivity contribution in [3.05, 3.63) is 11.8 Å². The maximum absolute atomic E-state index is 12.0. The molecular formula is C15H23N3O. The van der Waals surface area contributed by atoms with Crippen molar-refractivity contribution in [2.24, 2.45) is 0 Å². The molecule has 2 rings (SSSR count). The number of rotatable bonds is 4. The van der Waals surface area contributed by atoms with Gasteiger partial charge in [-0.05, 0) is 25.7 Å². The molecule has 2 aliphatic carbocycles. The minimum absolute atomic E-state index is 0.206. The summed E-state index contributed by atoms with van der Waals surface area (Å²) in [5, 5.41) is 15.3. The van der Waals surface area contributed by atoms with Crippen LogP contribution < -0.4 is 10.6 Å². The minimum Gasteiger partial charge on any atom is -0.387 e. The maximum atomic E-state index is 12.0. The zero-order valence-electron chi connectivity index (χ0n) is 11.5. The number of amides is 1. The third-order valence-electron chi connectivity index (χ3n) is 4.12. The van der Waals surface area contributed by atoms with Crippen molar-refractivity contribution in [2.75, 3.05) is 0 Å². The van der Waals surface area contributed by atoms with Gasteiger partial charge in [0.25, 0.3) is 5.91 Å². The Morgan fingerprint density at radius 1 is 1.00 bits per heavy atom. The van der Waals surface area contributed by atoms with Gasteiger partial charge in [-0.3, -0.25) is 4.79 Å². The lowest BCUT2D eigenvalue weighted by molar-refractivity contribution is -0.117. The first kappa shape index (κ1) is 13.9. The SMILES string of the molecule is N#C/C(=C/NC1CCCCC1)C(=O)NC1CCCC1. The lowest BCUT2D eigenvalue weighted by atomic mass is 9.96. The van der Waals surface area contributed by atoms with Crippen LogP contribution in [-0.2, 0) is 4.79 Å². The smallest absolute Gasteiger partial charge is 0.263 e. The van der Waals surface area contributed by atoms with E-state index in [1.165, 1.54) is 32.1 Å². The molecule has 0 aromatic heterocycles. The molecule has 4 heteroatoms. The highest BCUT2D eigenvalue weighted by molar-refractivity contribution is 5.97. The summed E-state index contributed by atoms with van der Waals surface area (Å²) in [4.78, 5) is 12.0. The summed E-state index contributed by atoms with van der Waals surface area (Å²) in [6.45, 7) is 0. The van der Waals surface area contributed by atoms with E-state index in [0.29, 0.717) is 6.04 Å². The highest BCUT2D eigenvalue weighted by atomic mass is 16.1. The number of nitriles is 1. The zero-order valence-corrected chi connectivity index (χ0v) is 11.5. The van der Waals surface area contributed by atoms with Crippen LogP contribution in [0.5, 0.6) is 0 Å². The minimum atomic E-state index is -0.224. The monoisotopic (exact) mass is 261 g/mol. The molecule has 0 spiro atoms. The van der Waals surface area contributed by atoms with Gasteiger partial charge >= 0.3 is 0 Å². The number of nitrogens with zero attached hydrogens (tertiary/aromatic N) is 1. The summed E-state index contributed by atoms with van der Waals surface area (Å²) in [6.07, 6.45) is 12.1. The molecule has 2 saturated carbocycles. The Balaban J connectivity index is 1.83. The van der Waals surface area contributed by atoms with E-state index in [1.807, 2.05) is 6.07 Å². The molecule has 4 nitrogen and oxygen atoms in total. The third-order valence-corrected chi connectivity index (χ3v) is 4.12. The zero-order chi connectivity index (χ0) is 13.5. The van der Waals surface area contributed by atoms with Crippen LogP contribution in [0.25, 0.3) is 0 Å². The standard InChI is InChI=1S/C15H23N3O/c16-10-12(11-17-13-6-2-1-3-7-13)15(19)18-14-8-4-5-9-14/h11,13-14,17H,1-9H2,(H,18,19)/b12-11-. The Labute approximate surface area is 115 Å². The fourth-order valence-electron chi connectivity index (χ4n) is 2.95. The Morgan fingerprint density at radius 3 is 2.21 bits per heavy atom. The van der Waals surface area contributed by atoms with E-state index in [0.717, 1.165) is 25.7 Å². The van der Waals surface area contributed by atoms with Crippen LogP contribution >= 0.6 is 0 Å². The van der Waals surface area contributed by atoms with Crippen LogP contribution in [0, 0.1) is 11.3 Å². The van der Waals surface area contributed by atoms with E-state index in [9.17, 15) is 4.79 Å². The van der Waals surface area contributed by atoms with Gasteiger partial charge < -0.3 is 10.6 Å². The molecule has 0 saturated heterocycles. The van der Waals surface area contributed by atoms with Crippen LogP contribution in [0.1, 0.15) is 57.8 Å². The van der Waals surface area contributed by atoms with E-state index in [-0.39, 0.29) is 17.5 Å². The quantitative estimate of drug-likeness (QED) is 0.603. The molecule has 0 atom stereocenters. The van der Waals surface area contributed by atoms with Gasteiger partial charge in [-0.2, -0.15) is 5.26 Å². The van der Waals surface area contributed by atoms with E-state index in [4.69, 9.17) is 5.26 Å². The molecule has 0 aromatic carbocycles. The largest absolute Gasteiger partial charge is 0.387 e. The Morgan fingerprint density at radius 2 is 1.58 bits per heavy atom. The number of carbonyl (C=O) groups excluding carboxylic acids is 1. The molecule has 0 aromatic rings. The van der Waals surface area contributed by atoms with Crippen molar-refractivity contribution in [3.8, 4) is 6.07 Å². The molecule has 104 valence electrons. The van der Waals surface area contributed by atoms with Gasteiger partial charge in [0.1, 0.15) is 11.6 Å². The highest BCUT2D eigenvalue weighted by Crippen LogP contribution is 2.19. The van der Waals surface area contributed by atoms with Gasteiger partial charge in [0.15, 0.2) is 0 Å². The third kappa shape index (κ3) is 4.27. The summed E-state index contributed by atoms with van der Waals surface area (Å²) in [6, 6.07) is 2.69. The van der Waals surface area contributed by atoms with Crippen molar-refractivity contribution < 1.29 is 4.79 Å². The van der Waals surface area contributed by atoms with Gasteiger partial charge in [-0.15, -0.1) is 0 Å². The Hall–Kier alpha value is -1.50. The molecule has 0 radical (unpaired) electrons.